The van der Waals surface area contributed by atoms with Crippen LogP contribution in [-0.4, -0.2) is 22.0 Å². The van der Waals surface area contributed by atoms with Gasteiger partial charge in [0, 0.05) is 19.5 Å². The molecule has 2 N–H and O–H groups in total. The molecule has 0 fully saturated rings. The first-order chi connectivity index (χ1) is 9.62. The number of hydrogen-bond donors (Lipinski definition) is 2. The number of nitrogens with one attached hydrogen (secondary N) is 2. The van der Waals surface area contributed by atoms with Crippen molar-refractivity contribution in [1.82, 2.24) is 10.0 Å². The summed E-state index contributed by atoms with van der Waals surface area (Å²) < 4.78 is 32.0. The van der Waals surface area contributed by atoms with Crippen LogP contribution >= 0.6 is 0 Å². The number of hydrogen-bond acceptors (Lipinski definition) is 4. The van der Waals surface area contributed by atoms with Crippen molar-refractivity contribution in [3.63, 3.8) is 0 Å². The van der Waals surface area contributed by atoms with Gasteiger partial charge >= 0.3 is 0 Å². The SMILES string of the molecule is CNCc1cccc(S(=O)(=O)NCCc2ccco2)c1. The lowest BCUT2D eigenvalue weighted by molar-refractivity contribution is 0.506. The van der Waals surface area contributed by atoms with Crippen molar-refractivity contribution in [2.24, 2.45) is 0 Å². The smallest absolute Gasteiger partial charge is 0.240 e. The van der Waals surface area contributed by atoms with E-state index in [1.54, 1.807) is 30.5 Å². The Hall–Kier alpha value is -1.63. The highest BCUT2D eigenvalue weighted by Gasteiger charge is 2.13. The maximum Gasteiger partial charge on any atom is 0.240 e. The lowest BCUT2D eigenvalue weighted by Crippen LogP contribution is -2.26. The highest BCUT2D eigenvalue weighted by molar-refractivity contribution is 7.89. The summed E-state index contributed by atoms with van der Waals surface area (Å²) in [5.41, 5.74) is 0.932. The van der Waals surface area contributed by atoms with Crippen LogP contribution in [0.4, 0.5) is 0 Å². The third-order valence-corrected chi connectivity index (χ3v) is 4.29. The van der Waals surface area contributed by atoms with Crippen LogP contribution in [-0.2, 0) is 23.0 Å². The third-order valence-electron chi connectivity index (χ3n) is 2.83. The van der Waals surface area contributed by atoms with Crippen molar-refractivity contribution >= 4 is 10.0 Å². The van der Waals surface area contributed by atoms with Gasteiger partial charge in [0.25, 0.3) is 0 Å². The summed E-state index contributed by atoms with van der Waals surface area (Å²) in [6.45, 7) is 0.946. The molecule has 108 valence electrons. The molecule has 0 aliphatic rings. The molecular weight excluding hydrogens is 276 g/mol. The number of benzene rings is 1. The van der Waals surface area contributed by atoms with E-state index in [1.165, 1.54) is 0 Å². The Morgan fingerprint density at radius 2 is 2.05 bits per heavy atom. The maximum absolute atomic E-state index is 12.2. The Kier molecular flexibility index (Phi) is 4.94. The molecule has 1 aromatic heterocycles. The van der Waals surface area contributed by atoms with Gasteiger partial charge in [0.1, 0.15) is 5.76 Å². The van der Waals surface area contributed by atoms with Gasteiger partial charge in [-0.3, -0.25) is 0 Å². The molecule has 0 spiro atoms. The number of sulfonamides is 1. The van der Waals surface area contributed by atoms with E-state index in [1.807, 2.05) is 19.2 Å². The van der Waals surface area contributed by atoms with E-state index in [9.17, 15) is 8.42 Å². The Bertz CT molecular complexity index is 636. The molecule has 0 amide bonds. The van der Waals surface area contributed by atoms with Crippen molar-refractivity contribution in [3.05, 3.63) is 54.0 Å². The van der Waals surface area contributed by atoms with Crippen molar-refractivity contribution in [2.75, 3.05) is 13.6 Å². The van der Waals surface area contributed by atoms with Gasteiger partial charge in [-0.2, -0.15) is 0 Å². The molecule has 1 aromatic carbocycles. The molecule has 5 nitrogen and oxygen atoms in total. The van der Waals surface area contributed by atoms with Crippen molar-refractivity contribution in [2.45, 2.75) is 17.9 Å². The van der Waals surface area contributed by atoms with E-state index in [2.05, 4.69) is 10.0 Å². The average molecular weight is 294 g/mol. The molecule has 20 heavy (non-hydrogen) atoms. The van der Waals surface area contributed by atoms with Gasteiger partial charge in [0.15, 0.2) is 0 Å². The van der Waals surface area contributed by atoms with E-state index in [-0.39, 0.29) is 4.90 Å². The van der Waals surface area contributed by atoms with E-state index >= 15 is 0 Å². The summed E-state index contributed by atoms with van der Waals surface area (Å²) >= 11 is 0. The summed E-state index contributed by atoms with van der Waals surface area (Å²) in [5, 5.41) is 3.00. The van der Waals surface area contributed by atoms with Crippen LogP contribution in [0.3, 0.4) is 0 Å². The molecule has 0 aliphatic carbocycles. The zero-order valence-electron chi connectivity index (χ0n) is 11.3. The minimum atomic E-state index is -3.47. The third kappa shape index (κ3) is 3.93. The Balaban J connectivity index is 2.00. The van der Waals surface area contributed by atoms with Crippen LogP contribution in [0.15, 0.2) is 52.0 Å². The zero-order chi connectivity index (χ0) is 14.4. The van der Waals surface area contributed by atoms with E-state index in [0.717, 1.165) is 11.3 Å². The van der Waals surface area contributed by atoms with Gasteiger partial charge < -0.3 is 9.73 Å². The monoisotopic (exact) mass is 294 g/mol. The maximum atomic E-state index is 12.2. The molecule has 0 bridgehead atoms. The predicted molar refractivity (Wildman–Crippen MR) is 76.8 cm³/mol. The molecule has 0 radical (unpaired) electrons. The largest absolute Gasteiger partial charge is 0.469 e. The molecule has 0 atom stereocenters. The normalized spacial score (nSPS) is 11.7. The molecular formula is C14H18N2O3S. The number of furan rings is 1. The summed E-state index contributed by atoms with van der Waals surface area (Å²) in [7, 11) is -1.65. The summed E-state index contributed by atoms with van der Waals surface area (Å²) in [4.78, 5) is 0.282. The average Bonchev–Trinajstić information content (AvgIpc) is 2.92. The standard InChI is InChI=1S/C14H18N2O3S/c1-15-11-12-4-2-6-14(10-12)20(17,18)16-8-7-13-5-3-9-19-13/h2-6,9-10,15-16H,7-8,11H2,1H3. The van der Waals surface area contributed by atoms with Crippen molar-refractivity contribution in [3.8, 4) is 0 Å². The first-order valence-electron chi connectivity index (χ1n) is 6.37. The molecule has 2 rings (SSSR count). The molecule has 1 heterocycles. The van der Waals surface area contributed by atoms with Crippen LogP contribution in [0.5, 0.6) is 0 Å². The lowest BCUT2D eigenvalue weighted by atomic mass is 10.2. The van der Waals surface area contributed by atoms with Gasteiger partial charge in [-0.25, -0.2) is 13.1 Å². The molecule has 0 saturated heterocycles. The molecule has 0 aliphatic heterocycles. The van der Waals surface area contributed by atoms with Gasteiger partial charge in [0.05, 0.1) is 11.2 Å². The second kappa shape index (κ2) is 6.69. The fourth-order valence-corrected chi connectivity index (χ4v) is 2.98. The van der Waals surface area contributed by atoms with Crippen LogP contribution in [0.1, 0.15) is 11.3 Å². The van der Waals surface area contributed by atoms with Crippen LogP contribution in [0.2, 0.25) is 0 Å². The molecule has 6 heteroatoms. The predicted octanol–water partition coefficient (Wildman–Crippen LogP) is 1.52. The van der Waals surface area contributed by atoms with E-state index < -0.39 is 10.0 Å². The summed E-state index contributed by atoms with van der Waals surface area (Å²) in [6, 6.07) is 10.5. The van der Waals surface area contributed by atoms with Gasteiger partial charge in [0.2, 0.25) is 10.0 Å². The van der Waals surface area contributed by atoms with Crippen LogP contribution in [0, 0.1) is 0 Å². The van der Waals surface area contributed by atoms with Crippen molar-refractivity contribution in [1.29, 1.82) is 0 Å². The van der Waals surface area contributed by atoms with E-state index in [4.69, 9.17) is 4.42 Å². The van der Waals surface area contributed by atoms with E-state index in [0.29, 0.717) is 19.5 Å². The molecule has 2 aromatic rings. The Labute approximate surface area is 119 Å². The van der Waals surface area contributed by atoms with Crippen LogP contribution in [0.25, 0.3) is 0 Å². The van der Waals surface area contributed by atoms with Crippen LogP contribution < -0.4 is 10.0 Å². The quantitative estimate of drug-likeness (QED) is 0.812. The lowest BCUT2D eigenvalue weighted by Gasteiger charge is -2.07. The minimum Gasteiger partial charge on any atom is -0.469 e. The van der Waals surface area contributed by atoms with Gasteiger partial charge in [-0.1, -0.05) is 12.1 Å². The van der Waals surface area contributed by atoms with Crippen molar-refractivity contribution < 1.29 is 12.8 Å². The van der Waals surface area contributed by atoms with Gasteiger partial charge in [-0.05, 0) is 36.9 Å². The topological polar surface area (TPSA) is 71.3 Å². The molecule has 0 unspecified atom stereocenters. The first kappa shape index (κ1) is 14.8. The zero-order valence-corrected chi connectivity index (χ0v) is 12.1. The fraction of sp³-hybridized carbons (Fsp3) is 0.286. The second-order valence-corrected chi connectivity index (χ2v) is 6.17. The number of rotatable bonds is 7. The summed E-state index contributed by atoms with van der Waals surface area (Å²) in [5.74, 6) is 0.761. The second-order valence-electron chi connectivity index (χ2n) is 4.40. The minimum absolute atomic E-state index is 0.282. The highest BCUT2D eigenvalue weighted by Crippen LogP contribution is 2.11. The Morgan fingerprint density at radius 3 is 2.75 bits per heavy atom. The fourth-order valence-electron chi connectivity index (χ4n) is 1.87. The first-order valence-corrected chi connectivity index (χ1v) is 7.86. The highest BCUT2D eigenvalue weighted by atomic mass is 32.2. The summed E-state index contributed by atoms with van der Waals surface area (Å²) in [6.07, 6.45) is 2.10. The Morgan fingerprint density at radius 1 is 1.20 bits per heavy atom. The molecule has 0 saturated carbocycles. The van der Waals surface area contributed by atoms with Gasteiger partial charge in [-0.15, -0.1) is 0 Å².